The maximum atomic E-state index is 8.64. The van der Waals surface area contributed by atoms with Crippen LogP contribution in [0.4, 0.5) is 0 Å². The van der Waals surface area contributed by atoms with Crippen LogP contribution in [-0.2, 0) is 9.68 Å². The molecule has 0 saturated carbocycles. The Morgan fingerprint density at radius 3 is 1.76 bits per heavy atom. The Morgan fingerprint density at radius 2 is 1.35 bits per heavy atom. The standard InChI is InChI=1S/C12H8S.CH2O3/c1-3-7-11-9(5-1)10-6-2-4-8-12(10)13-11;2-1-4-3/h1-8H;1,3H/p-1. The Morgan fingerprint density at radius 1 is 0.941 bits per heavy atom. The quantitative estimate of drug-likeness (QED) is 0.376. The second kappa shape index (κ2) is 5.43. The van der Waals surface area contributed by atoms with Gasteiger partial charge in [0, 0.05) is 20.2 Å². The molecule has 3 aromatic rings. The van der Waals surface area contributed by atoms with Crippen molar-refractivity contribution in [2.75, 3.05) is 0 Å². The van der Waals surface area contributed by atoms with Gasteiger partial charge < -0.3 is 10.1 Å². The SMILES string of the molecule is O=CO[O-].c1ccc2c(c1)sc1ccccc12. The van der Waals surface area contributed by atoms with Gasteiger partial charge in [-0.1, -0.05) is 36.4 Å². The third-order valence-corrected chi connectivity index (χ3v) is 3.48. The molecule has 0 bridgehead atoms. The summed E-state index contributed by atoms with van der Waals surface area (Å²) < 4.78 is 2.76. The van der Waals surface area contributed by atoms with E-state index in [1.807, 2.05) is 11.3 Å². The van der Waals surface area contributed by atoms with Crippen LogP contribution in [0.25, 0.3) is 20.2 Å². The zero-order chi connectivity index (χ0) is 12.1. The van der Waals surface area contributed by atoms with Crippen molar-refractivity contribution >= 4 is 38.0 Å². The normalized spacial score (nSPS) is 9.71. The summed E-state index contributed by atoms with van der Waals surface area (Å²) in [6.07, 6.45) is 0. The molecular formula is C13H9O3S-. The minimum atomic E-state index is -0.181. The van der Waals surface area contributed by atoms with Crippen LogP contribution in [0, 0.1) is 0 Å². The highest BCUT2D eigenvalue weighted by Crippen LogP contribution is 2.32. The van der Waals surface area contributed by atoms with Crippen molar-refractivity contribution in [2.45, 2.75) is 0 Å². The summed E-state index contributed by atoms with van der Waals surface area (Å²) in [4.78, 5) is 11.2. The van der Waals surface area contributed by atoms with Crippen molar-refractivity contribution < 1.29 is 14.9 Å². The molecule has 0 aliphatic heterocycles. The van der Waals surface area contributed by atoms with E-state index in [1.54, 1.807) is 0 Å². The van der Waals surface area contributed by atoms with Crippen LogP contribution in [0.15, 0.2) is 48.5 Å². The fourth-order valence-electron chi connectivity index (χ4n) is 1.67. The topological polar surface area (TPSA) is 49.4 Å². The van der Waals surface area contributed by atoms with Crippen molar-refractivity contribution in [1.82, 2.24) is 0 Å². The summed E-state index contributed by atoms with van der Waals surface area (Å²) in [5.41, 5.74) is 0. The van der Waals surface area contributed by atoms with Gasteiger partial charge in [0.2, 0.25) is 0 Å². The monoisotopic (exact) mass is 245 g/mol. The predicted molar refractivity (Wildman–Crippen MR) is 66.5 cm³/mol. The number of benzene rings is 2. The first-order chi connectivity index (χ1) is 8.36. The number of carbonyl (C=O) groups excluding carboxylic acids is 1. The third kappa shape index (κ3) is 2.43. The van der Waals surface area contributed by atoms with Crippen LogP contribution in [0.2, 0.25) is 0 Å². The molecule has 0 saturated heterocycles. The van der Waals surface area contributed by atoms with Crippen LogP contribution in [0.1, 0.15) is 0 Å². The van der Waals surface area contributed by atoms with E-state index in [9.17, 15) is 0 Å². The smallest absolute Gasteiger partial charge is 0.287 e. The molecule has 17 heavy (non-hydrogen) atoms. The number of hydrogen-bond acceptors (Lipinski definition) is 4. The summed E-state index contributed by atoms with van der Waals surface area (Å²) >= 11 is 1.86. The highest BCUT2D eigenvalue weighted by Gasteiger charge is 2.01. The number of carbonyl (C=O) groups is 1. The Balaban J connectivity index is 0.000000239. The van der Waals surface area contributed by atoms with Gasteiger partial charge in [0.25, 0.3) is 6.47 Å². The van der Waals surface area contributed by atoms with Gasteiger partial charge in [-0.2, -0.15) is 0 Å². The summed E-state index contributed by atoms with van der Waals surface area (Å²) in [5, 5.41) is 11.2. The lowest BCUT2D eigenvalue weighted by Gasteiger charge is -1.88. The second-order valence-electron chi connectivity index (χ2n) is 3.29. The van der Waals surface area contributed by atoms with Crippen LogP contribution >= 0.6 is 11.3 Å². The van der Waals surface area contributed by atoms with Gasteiger partial charge >= 0.3 is 0 Å². The Labute approximate surface area is 102 Å². The molecule has 0 aliphatic carbocycles. The van der Waals surface area contributed by atoms with E-state index in [0.29, 0.717) is 0 Å². The average Bonchev–Trinajstić information content (AvgIpc) is 2.77. The van der Waals surface area contributed by atoms with Gasteiger partial charge in [0.15, 0.2) is 0 Å². The highest BCUT2D eigenvalue weighted by atomic mass is 32.1. The molecule has 0 amide bonds. The predicted octanol–water partition coefficient (Wildman–Crippen LogP) is 2.49. The number of fused-ring (bicyclic) bond motifs is 3. The summed E-state index contributed by atoms with van der Waals surface area (Å²) in [6.45, 7) is -0.181. The van der Waals surface area contributed by atoms with Gasteiger partial charge in [-0.05, 0) is 12.1 Å². The van der Waals surface area contributed by atoms with Gasteiger partial charge in [0.1, 0.15) is 0 Å². The fraction of sp³-hybridized carbons (Fsp3) is 0. The first kappa shape index (κ1) is 11.6. The van der Waals surface area contributed by atoms with Gasteiger partial charge in [-0.25, -0.2) is 0 Å². The van der Waals surface area contributed by atoms with Crippen LogP contribution in [0.3, 0.4) is 0 Å². The van der Waals surface area contributed by atoms with E-state index >= 15 is 0 Å². The Bertz CT molecular complexity index is 580. The molecule has 0 radical (unpaired) electrons. The molecule has 0 fully saturated rings. The van der Waals surface area contributed by atoms with E-state index in [0.717, 1.165) is 0 Å². The summed E-state index contributed by atoms with van der Waals surface area (Å²) in [6, 6.07) is 17.1. The molecular weight excluding hydrogens is 236 g/mol. The summed E-state index contributed by atoms with van der Waals surface area (Å²) in [7, 11) is 0. The first-order valence-electron chi connectivity index (χ1n) is 4.95. The van der Waals surface area contributed by atoms with Crippen LogP contribution in [-0.4, -0.2) is 6.47 Å². The van der Waals surface area contributed by atoms with Gasteiger partial charge in [-0.15, -0.1) is 11.3 Å². The maximum absolute atomic E-state index is 8.64. The Hall–Kier alpha value is -1.91. The van der Waals surface area contributed by atoms with E-state index in [4.69, 9.17) is 10.1 Å². The molecule has 4 heteroatoms. The number of rotatable bonds is 1. The molecule has 3 nitrogen and oxygen atoms in total. The minimum absolute atomic E-state index is 0.181. The van der Waals surface area contributed by atoms with Crippen molar-refractivity contribution in [3.63, 3.8) is 0 Å². The van der Waals surface area contributed by atoms with Crippen molar-refractivity contribution in [1.29, 1.82) is 0 Å². The molecule has 2 aromatic carbocycles. The zero-order valence-electron chi connectivity index (χ0n) is 8.83. The molecule has 0 unspecified atom stereocenters. The lowest BCUT2D eigenvalue weighted by molar-refractivity contribution is -0.652. The largest absolute Gasteiger partial charge is 0.662 e. The van der Waals surface area contributed by atoms with Gasteiger partial charge in [-0.3, -0.25) is 4.79 Å². The molecule has 0 atom stereocenters. The molecule has 86 valence electrons. The molecule has 0 N–H and O–H groups in total. The van der Waals surface area contributed by atoms with Crippen molar-refractivity contribution in [3.05, 3.63) is 48.5 Å². The minimum Gasteiger partial charge on any atom is -0.662 e. The fourth-order valence-corrected chi connectivity index (χ4v) is 2.78. The molecule has 3 rings (SSSR count). The highest BCUT2D eigenvalue weighted by molar-refractivity contribution is 7.25. The van der Waals surface area contributed by atoms with Crippen LogP contribution < -0.4 is 5.26 Å². The first-order valence-corrected chi connectivity index (χ1v) is 5.77. The number of thiophene rings is 1. The van der Waals surface area contributed by atoms with Gasteiger partial charge in [0.05, 0.1) is 0 Å². The molecule has 0 spiro atoms. The zero-order valence-corrected chi connectivity index (χ0v) is 9.65. The van der Waals surface area contributed by atoms with Crippen molar-refractivity contribution in [3.8, 4) is 0 Å². The van der Waals surface area contributed by atoms with Crippen molar-refractivity contribution in [2.24, 2.45) is 0 Å². The average molecular weight is 245 g/mol. The molecule has 0 aliphatic rings. The Kier molecular flexibility index (Phi) is 3.69. The number of hydrogen-bond donors (Lipinski definition) is 0. The molecule has 1 aromatic heterocycles. The lowest BCUT2D eigenvalue weighted by atomic mass is 10.2. The molecule has 1 heterocycles. The maximum Gasteiger partial charge on any atom is 0.287 e. The van der Waals surface area contributed by atoms with E-state index in [2.05, 4.69) is 53.4 Å². The van der Waals surface area contributed by atoms with E-state index in [1.165, 1.54) is 20.2 Å². The second-order valence-corrected chi connectivity index (χ2v) is 4.37. The lowest BCUT2D eigenvalue weighted by Crippen LogP contribution is -2.00. The van der Waals surface area contributed by atoms with E-state index < -0.39 is 0 Å². The van der Waals surface area contributed by atoms with Crippen LogP contribution in [0.5, 0.6) is 0 Å². The summed E-state index contributed by atoms with van der Waals surface area (Å²) in [5.74, 6) is 0. The third-order valence-electron chi connectivity index (χ3n) is 2.32. The van der Waals surface area contributed by atoms with E-state index in [-0.39, 0.29) is 6.47 Å².